The highest BCUT2D eigenvalue weighted by atomic mass is 19.1. The summed E-state index contributed by atoms with van der Waals surface area (Å²) in [6.45, 7) is 3.09. The normalized spacial score (nSPS) is 17.5. The molecular weight excluding hydrogens is 353 g/mol. The quantitative estimate of drug-likeness (QED) is 0.816. The van der Waals surface area contributed by atoms with Crippen LogP contribution in [0.3, 0.4) is 0 Å². The van der Waals surface area contributed by atoms with Gasteiger partial charge in [0.2, 0.25) is 0 Å². The van der Waals surface area contributed by atoms with E-state index < -0.39 is 17.8 Å². The molecule has 0 unspecified atom stereocenters. The molecule has 1 saturated heterocycles. The molecule has 0 aromatic carbocycles. The zero-order valence-corrected chi connectivity index (χ0v) is 14.9. The van der Waals surface area contributed by atoms with Crippen LogP contribution in [-0.2, 0) is 4.74 Å². The predicted molar refractivity (Wildman–Crippen MR) is 96.6 cm³/mol. The van der Waals surface area contributed by atoms with Gasteiger partial charge in [0.1, 0.15) is 11.6 Å². The third-order valence-electron chi connectivity index (χ3n) is 4.85. The Labute approximate surface area is 155 Å². The first-order valence-corrected chi connectivity index (χ1v) is 8.54. The summed E-state index contributed by atoms with van der Waals surface area (Å²) in [6, 6.07) is 4.34. The number of urea groups is 1. The van der Waals surface area contributed by atoms with Crippen molar-refractivity contribution >= 4 is 29.3 Å². The number of halogens is 1. The molecule has 2 aliphatic rings. The van der Waals surface area contributed by atoms with E-state index in [2.05, 4.69) is 20.2 Å². The molecule has 0 aliphatic carbocycles. The van der Waals surface area contributed by atoms with Crippen molar-refractivity contribution in [2.45, 2.75) is 19.4 Å². The van der Waals surface area contributed by atoms with E-state index in [0.29, 0.717) is 17.9 Å². The second kappa shape index (κ2) is 6.49. The van der Waals surface area contributed by atoms with Gasteiger partial charge in [0.05, 0.1) is 25.0 Å². The Hall–Kier alpha value is -3.23. The van der Waals surface area contributed by atoms with Gasteiger partial charge in [0, 0.05) is 13.1 Å². The maximum absolute atomic E-state index is 13.4. The molecule has 0 radical (unpaired) electrons. The zero-order chi connectivity index (χ0) is 19.1. The van der Waals surface area contributed by atoms with Gasteiger partial charge >= 0.3 is 12.0 Å². The van der Waals surface area contributed by atoms with E-state index in [9.17, 15) is 14.0 Å². The van der Waals surface area contributed by atoms with Gasteiger partial charge in [0.25, 0.3) is 0 Å². The van der Waals surface area contributed by atoms with Gasteiger partial charge in [-0.25, -0.2) is 23.9 Å². The predicted octanol–water partition coefficient (Wildman–Crippen LogP) is 2.34. The molecule has 2 bridgehead atoms. The first kappa shape index (κ1) is 17.2. The molecule has 2 aliphatic heterocycles. The van der Waals surface area contributed by atoms with Crippen LogP contribution in [0.1, 0.15) is 22.5 Å². The summed E-state index contributed by atoms with van der Waals surface area (Å²) in [6.07, 6.45) is 1.85. The summed E-state index contributed by atoms with van der Waals surface area (Å²) in [7, 11) is 1.28. The average Bonchev–Trinajstić information content (AvgIpc) is 3.08. The highest BCUT2D eigenvalue weighted by Gasteiger charge is 2.40. The number of amides is 2. The third kappa shape index (κ3) is 2.94. The fraction of sp³-hybridized carbons (Fsp3) is 0.333. The van der Waals surface area contributed by atoms with Gasteiger partial charge in [-0.2, -0.15) is 0 Å². The Morgan fingerprint density at radius 2 is 2.19 bits per heavy atom. The van der Waals surface area contributed by atoms with Crippen molar-refractivity contribution in [2.24, 2.45) is 0 Å². The minimum atomic E-state index is -0.568. The number of methoxy groups -OCH3 is 1. The number of pyridine rings is 2. The first-order valence-electron chi connectivity index (χ1n) is 8.54. The van der Waals surface area contributed by atoms with Crippen LogP contribution in [0.15, 0.2) is 24.4 Å². The number of hydrogen-bond acceptors (Lipinski definition) is 6. The fourth-order valence-electron chi connectivity index (χ4n) is 3.47. The third-order valence-corrected chi connectivity index (χ3v) is 4.85. The van der Waals surface area contributed by atoms with Crippen molar-refractivity contribution in [3.8, 4) is 0 Å². The summed E-state index contributed by atoms with van der Waals surface area (Å²) < 4.78 is 18.2. The lowest BCUT2D eigenvalue weighted by molar-refractivity contribution is 0.0594. The number of hydrogen-bond donors (Lipinski definition) is 1. The van der Waals surface area contributed by atoms with Crippen molar-refractivity contribution in [3.63, 3.8) is 0 Å². The van der Waals surface area contributed by atoms with E-state index in [1.165, 1.54) is 13.2 Å². The highest BCUT2D eigenvalue weighted by molar-refractivity contribution is 6.04. The van der Waals surface area contributed by atoms with Gasteiger partial charge < -0.3 is 9.64 Å². The van der Waals surface area contributed by atoms with E-state index in [1.807, 2.05) is 0 Å². The van der Waals surface area contributed by atoms with Gasteiger partial charge in [0.15, 0.2) is 11.5 Å². The van der Waals surface area contributed by atoms with E-state index in [1.54, 1.807) is 24.0 Å². The van der Waals surface area contributed by atoms with Crippen molar-refractivity contribution in [1.82, 2.24) is 9.97 Å². The number of carbonyl (C=O) groups is 2. The molecule has 27 heavy (non-hydrogen) atoms. The van der Waals surface area contributed by atoms with Crippen LogP contribution in [0.2, 0.25) is 0 Å². The molecule has 0 saturated carbocycles. The molecule has 9 heteroatoms. The Balaban J connectivity index is 1.69. The van der Waals surface area contributed by atoms with Crippen molar-refractivity contribution in [1.29, 1.82) is 0 Å². The number of fused-ring (bicyclic) bond motifs is 4. The van der Waals surface area contributed by atoms with Crippen LogP contribution in [0.5, 0.6) is 0 Å². The summed E-state index contributed by atoms with van der Waals surface area (Å²) in [5.41, 5.74) is 1.31. The maximum atomic E-state index is 13.4. The van der Waals surface area contributed by atoms with Gasteiger partial charge in [-0.05, 0) is 37.1 Å². The zero-order valence-electron chi connectivity index (χ0n) is 14.9. The van der Waals surface area contributed by atoms with E-state index in [4.69, 9.17) is 4.74 Å². The number of aromatic nitrogens is 2. The molecule has 2 aromatic heterocycles. The summed E-state index contributed by atoms with van der Waals surface area (Å²) >= 11 is 0. The smallest absolute Gasteiger partial charge is 0.356 e. The van der Waals surface area contributed by atoms with Crippen LogP contribution in [-0.4, -0.2) is 48.2 Å². The summed E-state index contributed by atoms with van der Waals surface area (Å²) in [5, 5.41) is 2.70. The number of anilines is 3. The minimum Gasteiger partial charge on any atom is -0.464 e. The number of rotatable bonds is 2. The highest BCUT2D eigenvalue weighted by Crippen LogP contribution is 2.39. The Kier molecular flexibility index (Phi) is 4.14. The second-order valence-corrected chi connectivity index (χ2v) is 6.54. The molecule has 4 rings (SSSR count). The topological polar surface area (TPSA) is 87.7 Å². The average molecular weight is 371 g/mol. The molecule has 4 heterocycles. The molecule has 2 amide bonds. The molecule has 1 fully saturated rings. The molecule has 8 nitrogen and oxygen atoms in total. The molecule has 2 aromatic rings. The summed E-state index contributed by atoms with van der Waals surface area (Å²) in [5.74, 6) is -0.345. The lowest BCUT2D eigenvalue weighted by Gasteiger charge is -2.35. The lowest BCUT2D eigenvalue weighted by Crippen LogP contribution is -2.48. The Bertz CT molecular complexity index is 935. The SMILES string of the molecule is COC(=O)c1ccc2c(n1)N(C(=O)Nc1cc(C)c(F)cn1)[C@H]1CCN2C1. The van der Waals surface area contributed by atoms with Gasteiger partial charge in [-0.1, -0.05) is 0 Å². The summed E-state index contributed by atoms with van der Waals surface area (Å²) in [4.78, 5) is 36.8. The van der Waals surface area contributed by atoms with Crippen molar-refractivity contribution < 1.29 is 18.7 Å². The number of nitrogens with zero attached hydrogens (tertiary/aromatic N) is 4. The number of ether oxygens (including phenoxy) is 1. The van der Waals surface area contributed by atoms with Crippen molar-refractivity contribution in [2.75, 3.05) is 35.3 Å². The number of aryl methyl sites for hydroxylation is 1. The van der Waals surface area contributed by atoms with Crippen molar-refractivity contribution in [3.05, 3.63) is 41.5 Å². The van der Waals surface area contributed by atoms with E-state index >= 15 is 0 Å². The fourth-order valence-corrected chi connectivity index (χ4v) is 3.47. The van der Waals surface area contributed by atoms with Crippen LogP contribution < -0.4 is 15.1 Å². The Morgan fingerprint density at radius 3 is 2.93 bits per heavy atom. The molecule has 1 N–H and O–H groups in total. The van der Waals surface area contributed by atoms with Gasteiger partial charge in [-0.15, -0.1) is 0 Å². The van der Waals surface area contributed by atoms with Crippen LogP contribution >= 0.6 is 0 Å². The van der Waals surface area contributed by atoms with Crippen LogP contribution in [0.4, 0.5) is 26.5 Å². The van der Waals surface area contributed by atoms with Crippen LogP contribution in [0.25, 0.3) is 0 Å². The van der Waals surface area contributed by atoms with E-state index in [0.717, 1.165) is 24.8 Å². The lowest BCUT2D eigenvalue weighted by atomic mass is 10.2. The molecule has 140 valence electrons. The first-order chi connectivity index (χ1) is 13.0. The molecule has 0 spiro atoms. The second-order valence-electron chi connectivity index (χ2n) is 6.54. The standard InChI is InChI=1S/C18H18FN5O3/c1-10-7-15(20-8-12(10)19)22-18(26)24-11-5-6-23(9-11)14-4-3-13(17(25)27-2)21-16(14)24/h3-4,7-8,11H,5-6,9H2,1-2H3,(H,20,22,26)/t11-/m0/s1. The van der Waals surface area contributed by atoms with Crippen LogP contribution in [0, 0.1) is 12.7 Å². The minimum absolute atomic E-state index is 0.0700. The maximum Gasteiger partial charge on any atom is 0.356 e. The van der Waals surface area contributed by atoms with E-state index in [-0.39, 0.29) is 17.6 Å². The number of esters is 1. The monoisotopic (exact) mass is 371 g/mol. The molecular formula is C18H18FN5O3. The number of carbonyl (C=O) groups excluding carboxylic acids is 2. The van der Waals surface area contributed by atoms with Gasteiger partial charge in [-0.3, -0.25) is 10.2 Å². The number of nitrogens with one attached hydrogen (secondary N) is 1. The Morgan fingerprint density at radius 1 is 1.37 bits per heavy atom. The molecule has 1 atom stereocenters. The largest absolute Gasteiger partial charge is 0.464 e.